The maximum atomic E-state index is 14.0. The molecule has 8 atom stereocenters. The van der Waals surface area contributed by atoms with Gasteiger partial charge in [0.15, 0.2) is 0 Å². The molecule has 2 N–H and O–H groups in total. The second-order valence-electron chi connectivity index (χ2n) is 22.2. The summed E-state index contributed by atoms with van der Waals surface area (Å²) in [6.45, 7) is 6.45. The molecular weight excluding hydrogens is 1140 g/mol. The smallest absolute Gasteiger partial charge is 0.416 e. The second kappa shape index (κ2) is 24.3. The van der Waals surface area contributed by atoms with Crippen LogP contribution in [-0.2, 0) is 43.8 Å². The number of carbonyl (C=O) groups excluding carboxylic acids is 4. The fourth-order valence-corrected chi connectivity index (χ4v) is 12.0. The molecule has 8 rings (SSSR count). The van der Waals surface area contributed by atoms with Crippen molar-refractivity contribution in [2.75, 3.05) is 41.4 Å². The third-order valence-corrected chi connectivity index (χ3v) is 17.0. The number of urea groups is 2. The van der Waals surface area contributed by atoms with E-state index >= 15 is 0 Å². The van der Waals surface area contributed by atoms with Crippen molar-refractivity contribution in [2.24, 2.45) is 0 Å². The van der Waals surface area contributed by atoms with Gasteiger partial charge in [0.25, 0.3) is 0 Å². The van der Waals surface area contributed by atoms with Gasteiger partial charge in [-0.25, -0.2) is 18.4 Å². The molecule has 0 unspecified atom stereocenters. The van der Waals surface area contributed by atoms with E-state index in [0.29, 0.717) is 97.9 Å². The van der Waals surface area contributed by atoms with E-state index in [-0.39, 0.29) is 36.3 Å². The number of benzene rings is 4. The van der Waals surface area contributed by atoms with Crippen molar-refractivity contribution < 1.29 is 90.1 Å². The molecule has 0 radical (unpaired) electrons. The van der Waals surface area contributed by atoms with Crippen molar-refractivity contribution in [1.29, 1.82) is 0 Å². The lowest BCUT2D eigenvalue weighted by Gasteiger charge is -2.47. The van der Waals surface area contributed by atoms with Crippen LogP contribution in [-0.4, -0.2) is 108 Å². The van der Waals surface area contributed by atoms with Gasteiger partial charge in [-0.05, 0) is 173 Å². The highest BCUT2D eigenvalue weighted by Gasteiger charge is 2.51. The number of hydrogen-bond acceptors (Lipinski definition) is 8. The Bertz CT molecular complexity index is 2830. The number of alkyl halides is 12. The maximum absolute atomic E-state index is 14.0. The first-order valence-corrected chi connectivity index (χ1v) is 26.8. The number of piperidine rings is 2. The zero-order chi connectivity index (χ0) is 62.4. The summed E-state index contributed by atoms with van der Waals surface area (Å²) >= 11 is 0. The summed E-state index contributed by atoms with van der Waals surface area (Å²) in [6.07, 6.45) is -16.3. The van der Waals surface area contributed by atoms with Crippen LogP contribution >= 0.6 is 0 Å². The van der Waals surface area contributed by atoms with Gasteiger partial charge in [0.1, 0.15) is 23.7 Å². The van der Waals surface area contributed by atoms with Crippen molar-refractivity contribution in [3.63, 3.8) is 0 Å². The number of nitrogens with zero attached hydrogens (tertiary/aromatic N) is 4. The van der Waals surface area contributed by atoms with E-state index in [4.69, 9.17) is 9.47 Å². The molecule has 4 aromatic carbocycles. The van der Waals surface area contributed by atoms with E-state index in [1.165, 1.54) is 76.2 Å². The summed E-state index contributed by atoms with van der Waals surface area (Å²) < 4.78 is 200. The largest absolute Gasteiger partial charge is 0.468 e. The fraction of sp³-hybridized carbons (Fsp3) is 0.517. The number of halogens is 14. The van der Waals surface area contributed by atoms with Crippen molar-refractivity contribution in [3.05, 3.63) is 140 Å². The highest BCUT2D eigenvalue weighted by atomic mass is 19.4. The van der Waals surface area contributed by atoms with E-state index in [9.17, 15) is 80.6 Å². The first-order chi connectivity index (χ1) is 38.9. The van der Waals surface area contributed by atoms with Gasteiger partial charge in [-0.3, -0.25) is 20.2 Å². The van der Waals surface area contributed by atoms with Crippen LogP contribution in [0.15, 0.2) is 72.8 Å². The molecule has 4 aliphatic rings. The minimum atomic E-state index is -5.03. The summed E-state index contributed by atoms with van der Waals surface area (Å²) in [4.78, 5) is 57.4. The van der Waals surface area contributed by atoms with Crippen LogP contribution < -0.4 is 10.6 Å². The first-order valence-electron chi connectivity index (χ1n) is 26.8. The zero-order valence-electron chi connectivity index (χ0n) is 47.0. The molecule has 0 saturated carbocycles. The molecule has 84 heavy (non-hydrogen) atoms. The van der Waals surface area contributed by atoms with Gasteiger partial charge in [0.05, 0.1) is 60.6 Å². The van der Waals surface area contributed by atoms with Gasteiger partial charge in [-0.1, -0.05) is 12.1 Å². The molecular formula is C58H64F14N6O6. The van der Waals surface area contributed by atoms with E-state index in [2.05, 4.69) is 10.6 Å². The van der Waals surface area contributed by atoms with E-state index in [1.54, 1.807) is 26.0 Å². The molecule has 0 bridgehead atoms. The number of hydrogen-bond donors (Lipinski definition) is 2. The molecule has 0 aromatic heterocycles. The number of rotatable bonds is 8. The Hall–Kier alpha value is -6.70. The molecule has 0 aliphatic carbocycles. The van der Waals surface area contributed by atoms with E-state index < -0.39 is 130 Å². The average molecular weight is 1210 g/mol. The molecule has 26 heteroatoms. The Morgan fingerprint density at radius 2 is 0.833 bits per heavy atom. The van der Waals surface area contributed by atoms with Gasteiger partial charge < -0.3 is 29.1 Å². The molecule has 4 heterocycles. The van der Waals surface area contributed by atoms with E-state index in [0.717, 1.165) is 9.80 Å². The van der Waals surface area contributed by atoms with Crippen molar-refractivity contribution in [1.82, 2.24) is 30.2 Å². The van der Waals surface area contributed by atoms with Crippen LogP contribution in [0.3, 0.4) is 0 Å². The molecule has 12 nitrogen and oxygen atoms in total. The zero-order valence-corrected chi connectivity index (χ0v) is 47.0. The number of ether oxygens (including phenoxy) is 2. The quantitative estimate of drug-likeness (QED) is 0.132. The van der Waals surface area contributed by atoms with Gasteiger partial charge >= 0.3 is 48.7 Å². The van der Waals surface area contributed by atoms with Gasteiger partial charge in [-0.2, -0.15) is 52.7 Å². The normalized spacial score (nSPS) is 23.6. The second-order valence-corrected chi connectivity index (χ2v) is 22.2. The van der Waals surface area contributed by atoms with Crippen LogP contribution in [0.1, 0.15) is 145 Å². The Balaban J connectivity index is 0.000000241. The van der Waals surface area contributed by atoms with Crippen molar-refractivity contribution in [2.45, 2.75) is 151 Å². The lowest BCUT2D eigenvalue weighted by molar-refractivity contribution is -0.144. The molecule has 4 aromatic rings. The monoisotopic (exact) mass is 1210 g/mol. The minimum absolute atomic E-state index is 0.0473. The van der Waals surface area contributed by atoms with Crippen LogP contribution in [0.5, 0.6) is 0 Å². The molecule has 460 valence electrons. The SMILES string of the molecule is COC(=O)[C@@H]1CC[C@@]2(CCN(C(=O)N(C)[C@@H](C)c3cc(C(F)(F)F)cc(C(F)(F)F)c3)[C@@H](c3ccc(F)cc3C)C2)N1.COC(=O)[C@H]1CC[C@@]2(CCN(C(=O)N(C)[C@@H](C)c3cc(C(F)(F)F)cc(C(F)(F)F)c3)[C@@H](c3ccc(F)cc3C)C2)N1. The number of amides is 4. The Labute approximate surface area is 475 Å². The predicted octanol–water partition coefficient (Wildman–Crippen LogP) is 13.6. The Morgan fingerprint density at radius 3 is 1.11 bits per heavy atom. The number of aryl methyl sites for hydroxylation is 2. The summed E-state index contributed by atoms with van der Waals surface area (Å²) in [5, 5.41) is 6.70. The minimum Gasteiger partial charge on any atom is -0.468 e. The highest BCUT2D eigenvalue weighted by Crippen LogP contribution is 2.47. The number of likely N-dealkylation sites (tertiary alicyclic amines) is 2. The number of nitrogens with one attached hydrogen (secondary N) is 2. The Kier molecular flexibility index (Phi) is 18.8. The van der Waals surface area contributed by atoms with Crippen LogP contribution in [0, 0.1) is 25.5 Å². The highest BCUT2D eigenvalue weighted by molar-refractivity contribution is 5.78. The van der Waals surface area contributed by atoms with E-state index in [1.807, 2.05) is 0 Å². The number of esters is 2. The predicted molar refractivity (Wildman–Crippen MR) is 277 cm³/mol. The molecule has 4 fully saturated rings. The third-order valence-electron chi connectivity index (χ3n) is 17.0. The van der Waals surface area contributed by atoms with Gasteiger partial charge in [0, 0.05) is 38.3 Å². The summed E-state index contributed by atoms with van der Waals surface area (Å²) in [5.41, 5.74) is -5.15. The van der Waals surface area contributed by atoms with Crippen molar-refractivity contribution >= 4 is 24.0 Å². The van der Waals surface area contributed by atoms with Crippen LogP contribution in [0.4, 0.5) is 71.1 Å². The standard InChI is InChI=1S/2C29H32F7N3O3/c2*1-16-11-21(30)5-6-22(16)24-15-27(8-7-23(37-27)25(40)42-4)9-10-39(24)26(41)38(3)17(2)18-12-19(28(31,32)33)14-20(13-18)29(34,35)36/h2*5-6,11-14,17,23-24,37H,7-10,15H2,1-4H3/t17-,23+,24+,27-;17-,23-,24+,27-/m00/s1. The number of carbonyl (C=O) groups is 4. The lowest BCUT2D eigenvalue weighted by atomic mass is 9.79. The first kappa shape index (κ1) is 64.9. The van der Waals surface area contributed by atoms with Gasteiger partial charge in [-0.15, -0.1) is 0 Å². The fourth-order valence-electron chi connectivity index (χ4n) is 12.0. The van der Waals surface area contributed by atoms with Crippen LogP contribution in [0.2, 0.25) is 0 Å². The lowest BCUT2D eigenvalue weighted by Crippen LogP contribution is -2.56. The molecule has 4 aliphatic heterocycles. The van der Waals surface area contributed by atoms with Gasteiger partial charge in [0.2, 0.25) is 0 Å². The van der Waals surface area contributed by atoms with Crippen molar-refractivity contribution in [3.8, 4) is 0 Å². The third kappa shape index (κ3) is 14.2. The summed E-state index contributed by atoms with van der Waals surface area (Å²) in [7, 11) is 5.22. The topological polar surface area (TPSA) is 124 Å². The molecule has 2 spiro atoms. The summed E-state index contributed by atoms with van der Waals surface area (Å²) in [6, 6.07) is 5.05. The van der Waals surface area contributed by atoms with Crippen LogP contribution in [0.25, 0.3) is 0 Å². The Morgan fingerprint density at radius 1 is 0.524 bits per heavy atom. The average Bonchev–Trinajstić information content (AvgIpc) is 2.08. The summed E-state index contributed by atoms with van der Waals surface area (Å²) in [5.74, 6) is -1.76. The molecule has 4 amide bonds. The number of methoxy groups -OCH3 is 2. The molecule has 4 saturated heterocycles. The maximum Gasteiger partial charge on any atom is 0.416 e.